The lowest BCUT2D eigenvalue weighted by atomic mass is 9.87. The summed E-state index contributed by atoms with van der Waals surface area (Å²) in [6.45, 7) is 12.4. The zero-order valence-electron chi connectivity index (χ0n) is 22.6. The van der Waals surface area contributed by atoms with Gasteiger partial charge in [0.05, 0.1) is 16.8 Å². The van der Waals surface area contributed by atoms with Crippen molar-refractivity contribution in [1.29, 1.82) is 0 Å². The fourth-order valence-corrected chi connectivity index (χ4v) is 4.05. The number of anilines is 1. The average Bonchev–Trinajstić information content (AvgIpc) is 2.90. The summed E-state index contributed by atoms with van der Waals surface area (Å²) < 4.78 is 0. The van der Waals surface area contributed by atoms with Gasteiger partial charge in [-0.05, 0) is 66.3 Å². The van der Waals surface area contributed by atoms with E-state index in [-0.39, 0.29) is 16.7 Å². The molecule has 0 saturated heterocycles. The van der Waals surface area contributed by atoms with Gasteiger partial charge in [-0.15, -0.1) is 0 Å². The number of hydrazone groups is 1. The first-order chi connectivity index (χ1) is 18.1. The van der Waals surface area contributed by atoms with E-state index in [1.54, 1.807) is 36.6 Å². The number of rotatable bonds is 9. The van der Waals surface area contributed by atoms with Gasteiger partial charge in [0.2, 0.25) is 0 Å². The summed E-state index contributed by atoms with van der Waals surface area (Å²) in [4.78, 5) is 28.3. The third-order valence-corrected chi connectivity index (χ3v) is 6.43. The molecule has 0 aliphatic carbocycles. The summed E-state index contributed by atoms with van der Waals surface area (Å²) in [5.74, 6) is -1.04. The summed E-state index contributed by atoms with van der Waals surface area (Å²) in [6, 6.07) is 22.5. The van der Waals surface area contributed by atoms with Gasteiger partial charge in [-0.3, -0.25) is 9.59 Å². The third-order valence-electron chi connectivity index (χ3n) is 6.10. The van der Waals surface area contributed by atoms with Crippen molar-refractivity contribution in [3.63, 3.8) is 0 Å². The van der Waals surface area contributed by atoms with E-state index in [1.807, 2.05) is 48.5 Å². The Bertz CT molecular complexity index is 1300. The fraction of sp³-hybridized carbons (Fsp3) is 0.258. The third kappa shape index (κ3) is 7.80. The van der Waals surface area contributed by atoms with E-state index < -0.39 is 11.8 Å². The Morgan fingerprint density at radius 2 is 1.50 bits per heavy atom. The van der Waals surface area contributed by atoms with Crippen LogP contribution in [0.3, 0.4) is 0 Å². The van der Waals surface area contributed by atoms with Crippen molar-refractivity contribution in [3.05, 3.63) is 106 Å². The maximum atomic E-state index is 13.1. The molecular formula is C31H35ClN4O2. The van der Waals surface area contributed by atoms with E-state index in [2.05, 4.69) is 55.4 Å². The quantitative estimate of drug-likeness (QED) is 0.191. The Morgan fingerprint density at radius 3 is 2.08 bits per heavy atom. The number of amides is 2. The second-order valence-corrected chi connectivity index (χ2v) is 10.2. The maximum absolute atomic E-state index is 13.1. The largest absolute Gasteiger partial charge is 0.372 e. The monoisotopic (exact) mass is 530 g/mol. The number of halogens is 1. The van der Waals surface area contributed by atoms with Crippen molar-refractivity contribution in [3.8, 4) is 0 Å². The maximum Gasteiger partial charge on any atom is 0.287 e. The molecule has 0 atom stereocenters. The van der Waals surface area contributed by atoms with Gasteiger partial charge in [0.1, 0.15) is 5.70 Å². The number of nitrogens with zero attached hydrogens (tertiary/aromatic N) is 2. The van der Waals surface area contributed by atoms with Gasteiger partial charge in [-0.1, -0.05) is 80.9 Å². The lowest BCUT2D eigenvalue weighted by Gasteiger charge is -2.21. The highest BCUT2D eigenvalue weighted by Gasteiger charge is 2.17. The molecule has 2 N–H and O–H groups in total. The molecule has 0 bridgehead atoms. The summed E-state index contributed by atoms with van der Waals surface area (Å²) in [7, 11) is 0. The standard InChI is InChI=1S/C31H35ClN4O2/c1-6-36(7-2)25-18-14-22(15-19-25)20-28(34-29(37)26-10-8-9-11-27(26)32)30(38)35-33-21-23-12-16-24(17-13-23)31(3,4)5/h8-21H,6-7H2,1-5H3,(H,34,37)(H,35,38). The lowest BCUT2D eigenvalue weighted by molar-refractivity contribution is -0.117. The predicted molar refractivity (Wildman–Crippen MR) is 158 cm³/mol. The molecule has 7 heteroatoms. The first-order valence-corrected chi connectivity index (χ1v) is 13.1. The Balaban J connectivity index is 1.82. The van der Waals surface area contributed by atoms with Crippen molar-refractivity contribution >= 4 is 41.4 Å². The number of nitrogens with one attached hydrogen (secondary N) is 2. The van der Waals surface area contributed by atoms with Crippen LogP contribution in [-0.4, -0.2) is 31.1 Å². The van der Waals surface area contributed by atoms with Crippen molar-refractivity contribution in [2.24, 2.45) is 5.10 Å². The number of hydrogen-bond acceptors (Lipinski definition) is 4. The first-order valence-electron chi connectivity index (χ1n) is 12.7. The van der Waals surface area contributed by atoms with Gasteiger partial charge in [0.15, 0.2) is 0 Å². The number of carbonyl (C=O) groups is 2. The van der Waals surface area contributed by atoms with Crippen LogP contribution in [-0.2, 0) is 10.2 Å². The molecule has 0 aliphatic heterocycles. The van der Waals surface area contributed by atoms with Crippen LogP contribution < -0.4 is 15.6 Å². The molecule has 198 valence electrons. The van der Waals surface area contributed by atoms with Crippen LogP contribution in [0.5, 0.6) is 0 Å². The zero-order valence-corrected chi connectivity index (χ0v) is 23.3. The van der Waals surface area contributed by atoms with Crippen LogP contribution in [0.4, 0.5) is 5.69 Å². The molecule has 3 rings (SSSR count). The van der Waals surface area contributed by atoms with Crippen molar-refractivity contribution in [1.82, 2.24) is 10.7 Å². The highest BCUT2D eigenvalue weighted by molar-refractivity contribution is 6.34. The van der Waals surface area contributed by atoms with Gasteiger partial charge in [-0.2, -0.15) is 5.10 Å². The van der Waals surface area contributed by atoms with E-state index in [9.17, 15) is 9.59 Å². The summed E-state index contributed by atoms with van der Waals surface area (Å²) in [5.41, 5.74) is 6.78. The molecule has 38 heavy (non-hydrogen) atoms. The minimum absolute atomic E-state index is 0.0470. The van der Waals surface area contributed by atoms with Gasteiger partial charge >= 0.3 is 0 Å². The van der Waals surface area contributed by atoms with Crippen LogP contribution in [0.2, 0.25) is 5.02 Å². The molecule has 0 aliphatic rings. The minimum atomic E-state index is -0.555. The van der Waals surface area contributed by atoms with Gasteiger partial charge in [0.25, 0.3) is 11.8 Å². The van der Waals surface area contributed by atoms with Gasteiger partial charge < -0.3 is 10.2 Å². The lowest BCUT2D eigenvalue weighted by Crippen LogP contribution is -2.33. The molecule has 0 heterocycles. The average molecular weight is 531 g/mol. The first kappa shape index (κ1) is 28.7. The SMILES string of the molecule is CCN(CC)c1ccc(C=C(NC(=O)c2ccccc2Cl)C(=O)NN=Cc2ccc(C(C)(C)C)cc2)cc1. The van der Waals surface area contributed by atoms with Crippen molar-refractivity contribution in [2.45, 2.75) is 40.0 Å². The van der Waals surface area contributed by atoms with Crippen LogP contribution in [0, 0.1) is 0 Å². The number of carbonyl (C=O) groups excluding carboxylic acids is 2. The number of benzene rings is 3. The van der Waals surface area contributed by atoms with Crippen LogP contribution in [0.15, 0.2) is 83.6 Å². The highest BCUT2D eigenvalue weighted by atomic mass is 35.5. The normalized spacial score (nSPS) is 11.9. The Morgan fingerprint density at radius 1 is 0.895 bits per heavy atom. The molecule has 0 radical (unpaired) electrons. The minimum Gasteiger partial charge on any atom is -0.372 e. The summed E-state index contributed by atoms with van der Waals surface area (Å²) in [5, 5.41) is 7.10. The van der Waals surface area contributed by atoms with E-state index in [0.717, 1.165) is 29.9 Å². The summed E-state index contributed by atoms with van der Waals surface area (Å²) >= 11 is 6.20. The molecule has 0 aromatic heterocycles. The van der Waals surface area contributed by atoms with E-state index >= 15 is 0 Å². The zero-order chi connectivity index (χ0) is 27.7. The van der Waals surface area contributed by atoms with E-state index in [0.29, 0.717) is 5.02 Å². The van der Waals surface area contributed by atoms with Crippen LogP contribution in [0.25, 0.3) is 6.08 Å². The molecule has 3 aromatic carbocycles. The molecule has 2 amide bonds. The van der Waals surface area contributed by atoms with Gasteiger partial charge in [-0.25, -0.2) is 5.43 Å². The Hall–Kier alpha value is -3.90. The van der Waals surface area contributed by atoms with E-state index in [4.69, 9.17) is 11.6 Å². The Labute approximate surface area is 230 Å². The van der Waals surface area contributed by atoms with Gasteiger partial charge in [0, 0.05) is 18.8 Å². The molecule has 0 fully saturated rings. The second-order valence-electron chi connectivity index (χ2n) is 9.83. The van der Waals surface area contributed by atoms with Crippen molar-refractivity contribution < 1.29 is 9.59 Å². The molecular weight excluding hydrogens is 496 g/mol. The van der Waals surface area contributed by atoms with Crippen LogP contribution in [0.1, 0.15) is 61.7 Å². The Kier molecular flexibility index (Phi) is 9.85. The van der Waals surface area contributed by atoms with E-state index in [1.165, 1.54) is 5.56 Å². The molecule has 3 aromatic rings. The molecule has 0 unspecified atom stereocenters. The topological polar surface area (TPSA) is 73.8 Å². The predicted octanol–water partition coefficient (Wildman–Crippen LogP) is 6.40. The summed E-state index contributed by atoms with van der Waals surface area (Å²) in [6.07, 6.45) is 3.18. The molecule has 0 spiro atoms. The second kappa shape index (κ2) is 13.1. The fourth-order valence-electron chi connectivity index (χ4n) is 3.83. The smallest absolute Gasteiger partial charge is 0.287 e. The number of hydrogen-bond donors (Lipinski definition) is 2. The van der Waals surface area contributed by atoms with Crippen LogP contribution >= 0.6 is 11.6 Å². The van der Waals surface area contributed by atoms with Crippen molar-refractivity contribution in [2.75, 3.05) is 18.0 Å². The molecule has 0 saturated carbocycles. The highest BCUT2D eigenvalue weighted by Crippen LogP contribution is 2.22. The molecule has 6 nitrogen and oxygen atoms in total.